The summed E-state index contributed by atoms with van der Waals surface area (Å²) in [6, 6.07) is 10.1. The third-order valence-electron chi connectivity index (χ3n) is 4.30. The molecule has 1 aromatic heterocycles. The van der Waals surface area contributed by atoms with Crippen LogP contribution in [-0.4, -0.2) is 35.9 Å². The maximum atomic E-state index is 6.12. The van der Waals surface area contributed by atoms with E-state index in [4.69, 9.17) is 11.6 Å². The summed E-state index contributed by atoms with van der Waals surface area (Å²) >= 11 is 6.12. The highest BCUT2D eigenvalue weighted by atomic mass is 127. The summed E-state index contributed by atoms with van der Waals surface area (Å²) in [4.78, 5) is 4.29. The van der Waals surface area contributed by atoms with Crippen LogP contribution in [0.4, 0.5) is 0 Å². The molecule has 130 valence electrons. The van der Waals surface area contributed by atoms with Crippen molar-refractivity contribution < 1.29 is 0 Å². The molecule has 0 saturated heterocycles. The zero-order valence-electron chi connectivity index (χ0n) is 13.7. The van der Waals surface area contributed by atoms with Crippen LogP contribution in [0.3, 0.4) is 0 Å². The molecule has 1 aliphatic rings. The lowest BCUT2D eigenvalue weighted by Gasteiger charge is -2.19. The molecular weight excluding hydrogens is 437 g/mol. The second-order valence-corrected chi connectivity index (χ2v) is 6.35. The normalized spacial score (nSPS) is 15.5. The monoisotopic (exact) mass is 459 g/mol. The number of aliphatic imine (C=N–C) groups is 1. The van der Waals surface area contributed by atoms with Crippen LogP contribution in [-0.2, 0) is 12.0 Å². The number of nitrogens with zero attached hydrogens (tertiary/aromatic N) is 3. The molecule has 2 aromatic rings. The van der Waals surface area contributed by atoms with Crippen LogP contribution < -0.4 is 10.6 Å². The zero-order valence-corrected chi connectivity index (χ0v) is 16.8. The molecule has 3 rings (SSSR count). The minimum absolute atomic E-state index is 0. The molecule has 0 atom stereocenters. The molecule has 1 aliphatic carbocycles. The molecule has 0 aliphatic heterocycles. The molecule has 1 fully saturated rings. The van der Waals surface area contributed by atoms with Crippen LogP contribution >= 0.6 is 35.6 Å². The van der Waals surface area contributed by atoms with Crippen LogP contribution in [0.25, 0.3) is 0 Å². The predicted octanol–water partition coefficient (Wildman–Crippen LogP) is 3.05. The Morgan fingerprint density at radius 2 is 2.17 bits per heavy atom. The van der Waals surface area contributed by atoms with Crippen LogP contribution in [0.15, 0.2) is 47.7 Å². The van der Waals surface area contributed by atoms with Gasteiger partial charge in [-0.05, 0) is 36.6 Å². The quantitative estimate of drug-likeness (QED) is 0.397. The summed E-state index contributed by atoms with van der Waals surface area (Å²) < 4.78 is 1.90. The first-order valence-corrected chi connectivity index (χ1v) is 8.28. The number of rotatable bonds is 6. The fraction of sp³-hybridized carbons (Fsp3) is 0.412. The Balaban J connectivity index is 0.00000208. The third kappa shape index (κ3) is 4.86. The average molecular weight is 460 g/mol. The molecule has 0 radical (unpaired) electrons. The lowest BCUT2D eigenvalue weighted by atomic mass is 9.96. The maximum Gasteiger partial charge on any atom is 0.191 e. The highest BCUT2D eigenvalue weighted by Crippen LogP contribution is 2.48. The Morgan fingerprint density at radius 1 is 1.33 bits per heavy atom. The fourth-order valence-corrected chi connectivity index (χ4v) is 2.92. The predicted molar refractivity (Wildman–Crippen MR) is 109 cm³/mol. The van der Waals surface area contributed by atoms with E-state index in [1.165, 1.54) is 18.4 Å². The molecule has 0 bridgehead atoms. The number of halogens is 2. The van der Waals surface area contributed by atoms with E-state index in [0.717, 1.165) is 30.6 Å². The molecule has 24 heavy (non-hydrogen) atoms. The Labute approximate surface area is 164 Å². The summed E-state index contributed by atoms with van der Waals surface area (Å²) in [5.74, 6) is 0.824. The van der Waals surface area contributed by atoms with Crippen molar-refractivity contribution >= 4 is 41.5 Å². The molecule has 1 heterocycles. The van der Waals surface area contributed by atoms with E-state index in [1.54, 1.807) is 13.2 Å². The van der Waals surface area contributed by atoms with Gasteiger partial charge >= 0.3 is 0 Å². The fourth-order valence-electron chi connectivity index (χ4n) is 2.73. The first kappa shape index (κ1) is 19.1. The summed E-state index contributed by atoms with van der Waals surface area (Å²) in [6.07, 6.45) is 6.11. The zero-order chi connectivity index (χ0) is 16.1. The van der Waals surface area contributed by atoms with E-state index in [0.29, 0.717) is 0 Å². The van der Waals surface area contributed by atoms with Gasteiger partial charge in [0, 0.05) is 43.0 Å². The topological polar surface area (TPSA) is 54.2 Å². The number of benzene rings is 1. The molecule has 0 amide bonds. The highest BCUT2D eigenvalue weighted by molar-refractivity contribution is 14.0. The van der Waals surface area contributed by atoms with Gasteiger partial charge in [-0.1, -0.05) is 23.7 Å². The molecule has 1 aromatic carbocycles. The Kier molecular flexibility index (Phi) is 6.91. The van der Waals surface area contributed by atoms with Crippen molar-refractivity contribution in [3.63, 3.8) is 0 Å². The lowest BCUT2D eigenvalue weighted by molar-refractivity contribution is 0.590. The largest absolute Gasteiger partial charge is 0.356 e. The van der Waals surface area contributed by atoms with E-state index >= 15 is 0 Å². The molecular formula is C17H23ClIN5. The van der Waals surface area contributed by atoms with Gasteiger partial charge in [-0.3, -0.25) is 9.67 Å². The highest BCUT2D eigenvalue weighted by Gasteiger charge is 2.44. The summed E-state index contributed by atoms with van der Waals surface area (Å²) in [6.45, 7) is 2.47. The van der Waals surface area contributed by atoms with Crippen molar-refractivity contribution in [2.24, 2.45) is 4.99 Å². The van der Waals surface area contributed by atoms with E-state index in [2.05, 4.69) is 32.9 Å². The molecule has 0 unspecified atom stereocenters. The van der Waals surface area contributed by atoms with Gasteiger partial charge in [-0.2, -0.15) is 5.10 Å². The van der Waals surface area contributed by atoms with Crippen molar-refractivity contribution in [2.75, 3.05) is 20.1 Å². The summed E-state index contributed by atoms with van der Waals surface area (Å²) in [5, 5.41) is 11.7. The Bertz CT molecular complexity index is 667. The van der Waals surface area contributed by atoms with E-state index in [9.17, 15) is 0 Å². The number of nitrogens with one attached hydrogen (secondary N) is 2. The number of aromatic nitrogens is 2. The molecule has 2 N–H and O–H groups in total. The van der Waals surface area contributed by atoms with Crippen LogP contribution in [0.5, 0.6) is 0 Å². The molecule has 1 saturated carbocycles. The second kappa shape index (κ2) is 8.71. The maximum absolute atomic E-state index is 6.12. The lowest BCUT2D eigenvalue weighted by Crippen LogP contribution is -2.42. The first-order chi connectivity index (χ1) is 11.2. The van der Waals surface area contributed by atoms with Crippen molar-refractivity contribution in [1.82, 2.24) is 20.4 Å². The average Bonchev–Trinajstić information content (AvgIpc) is 3.18. The van der Waals surface area contributed by atoms with Gasteiger partial charge in [0.05, 0.1) is 6.54 Å². The van der Waals surface area contributed by atoms with Gasteiger partial charge in [0.1, 0.15) is 0 Å². The van der Waals surface area contributed by atoms with E-state index in [1.807, 2.05) is 29.1 Å². The van der Waals surface area contributed by atoms with Gasteiger partial charge < -0.3 is 10.6 Å². The SMILES string of the molecule is CN=C(NCCn1cccn1)NCC1(c2cccc(Cl)c2)CC1.I. The van der Waals surface area contributed by atoms with Crippen molar-refractivity contribution in [2.45, 2.75) is 24.8 Å². The summed E-state index contributed by atoms with van der Waals surface area (Å²) in [7, 11) is 1.79. The molecule has 7 heteroatoms. The number of hydrogen-bond acceptors (Lipinski definition) is 2. The van der Waals surface area contributed by atoms with Gasteiger partial charge in [0.2, 0.25) is 0 Å². The van der Waals surface area contributed by atoms with Crippen molar-refractivity contribution in [3.05, 3.63) is 53.3 Å². The van der Waals surface area contributed by atoms with Crippen molar-refractivity contribution in [1.29, 1.82) is 0 Å². The Morgan fingerprint density at radius 3 is 2.79 bits per heavy atom. The molecule has 5 nitrogen and oxygen atoms in total. The smallest absolute Gasteiger partial charge is 0.191 e. The third-order valence-corrected chi connectivity index (χ3v) is 4.54. The van der Waals surface area contributed by atoms with Crippen molar-refractivity contribution in [3.8, 4) is 0 Å². The van der Waals surface area contributed by atoms with Crippen LogP contribution in [0.1, 0.15) is 18.4 Å². The minimum atomic E-state index is 0. The Hall–Kier alpha value is -1.28. The van der Waals surface area contributed by atoms with Crippen LogP contribution in [0, 0.1) is 0 Å². The second-order valence-electron chi connectivity index (χ2n) is 5.91. The van der Waals surface area contributed by atoms with Gasteiger partial charge in [0.15, 0.2) is 5.96 Å². The van der Waals surface area contributed by atoms with E-state index < -0.39 is 0 Å². The van der Waals surface area contributed by atoms with E-state index in [-0.39, 0.29) is 29.4 Å². The number of hydrogen-bond donors (Lipinski definition) is 2. The van der Waals surface area contributed by atoms with Crippen LogP contribution in [0.2, 0.25) is 5.02 Å². The number of guanidine groups is 1. The first-order valence-electron chi connectivity index (χ1n) is 7.90. The van der Waals surface area contributed by atoms with Gasteiger partial charge in [0.25, 0.3) is 0 Å². The van der Waals surface area contributed by atoms with Gasteiger partial charge in [-0.25, -0.2) is 0 Å². The van der Waals surface area contributed by atoms with Gasteiger partial charge in [-0.15, -0.1) is 24.0 Å². The molecule has 0 spiro atoms. The standard InChI is InChI=1S/C17H22ClN5.HI/c1-19-16(20-9-11-23-10-3-8-22-23)21-13-17(6-7-17)14-4-2-5-15(18)12-14;/h2-5,8,10,12H,6-7,9,11,13H2,1H3,(H2,19,20,21);1H. The minimum Gasteiger partial charge on any atom is -0.356 e. The summed E-state index contributed by atoms with van der Waals surface area (Å²) in [5.41, 5.74) is 1.51.